The van der Waals surface area contributed by atoms with E-state index in [1.807, 2.05) is 0 Å². The SMILES string of the molecule is COP1OC(=O)c2cccnc2O1. The van der Waals surface area contributed by atoms with Crippen LogP contribution in [0, 0.1) is 0 Å². The molecule has 1 aliphatic heterocycles. The lowest BCUT2D eigenvalue weighted by Gasteiger charge is -2.19. The Bertz CT molecular complexity index is 343. The maximum atomic E-state index is 11.2. The third-order valence-corrected chi connectivity index (χ3v) is 2.39. The third-order valence-electron chi connectivity index (χ3n) is 1.46. The Balaban J connectivity index is 2.37. The Hall–Kier alpha value is -1.19. The van der Waals surface area contributed by atoms with E-state index in [-0.39, 0.29) is 5.88 Å². The highest BCUT2D eigenvalue weighted by atomic mass is 31.2. The van der Waals surface area contributed by atoms with Crippen molar-refractivity contribution in [1.29, 1.82) is 0 Å². The molecule has 6 heteroatoms. The molecule has 5 nitrogen and oxygen atoms in total. The molecule has 1 aliphatic rings. The Morgan fingerprint density at radius 2 is 2.38 bits per heavy atom. The fourth-order valence-electron chi connectivity index (χ4n) is 0.900. The number of fused-ring (bicyclic) bond motifs is 1. The van der Waals surface area contributed by atoms with Crippen LogP contribution < -0.4 is 4.52 Å². The van der Waals surface area contributed by atoms with Crippen LogP contribution in [0.2, 0.25) is 0 Å². The van der Waals surface area contributed by atoms with Crippen molar-refractivity contribution < 1.29 is 18.4 Å². The summed E-state index contributed by atoms with van der Waals surface area (Å²) in [4.78, 5) is 15.1. The summed E-state index contributed by atoms with van der Waals surface area (Å²) < 4.78 is 14.7. The molecule has 13 heavy (non-hydrogen) atoms. The van der Waals surface area contributed by atoms with Gasteiger partial charge in [-0.05, 0) is 12.1 Å². The van der Waals surface area contributed by atoms with Gasteiger partial charge < -0.3 is 9.05 Å². The van der Waals surface area contributed by atoms with E-state index in [0.29, 0.717) is 5.56 Å². The number of carbonyl (C=O) groups is 1. The highest BCUT2D eigenvalue weighted by Crippen LogP contribution is 2.44. The lowest BCUT2D eigenvalue weighted by Crippen LogP contribution is -2.13. The lowest BCUT2D eigenvalue weighted by molar-refractivity contribution is 0.0680. The molecule has 0 N–H and O–H groups in total. The van der Waals surface area contributed by atoms with Gasteiger partial charge in [0.05, 0.1) is 0 Å². The fraction of sp³-hybridized carbons (Fsp3) is 0.143. The summed E-state index contributed by atoms with van der Waals surface area (Å²) >= 11 is 0. The van der Waals surface area contributed by atoms with Crippen LogP contribution in [0.1, 0.15) is 10.4 Å². The van der Waals surface area contributed by atoms with E-state index in [9.17, 15) is 4.79 Å². The summed E-state index contributed by atoms with van der Waals surface area (Å²) in [6, 6.07) is 3.23. The molecule has 2 heterocycles. The largest absolute Gasteiger partial charge is 0.466 e. The Morgan fingerprint density at radius 3 is 3.15 bits per heavy atom. The highest BCUT2D eigenvalue weighted by Gasteiger charge is 2.30. The first kappa shape index (κ1) is 8.41. The second-order valence-electron chi connectivity index (χ2n) is 2.23. The minimum atomic E-state index is -1.61. The number of nitrogens with zero attached hydrogens (tertiary/aromatic N) is 1. The molecule has 0 saturated heterocycles. The van der Waals surface area contributed by atoms with Gasteiger partial charge in [0.15, 0.2) is 0 Å². The molecule has 0 aromatic carbocycles. The van der Waals surface area contributed by atoms with Gasteiger partial charge in [0, 0.05) is 13.3 Å². The first-order valence-corrected chi connectivity index (χ1v) is 4.60. The number of pyridine rings is 1. The molecule has 0 radical (unpaired) electrons. The van der Waals surface area contributed by atoms with Gasteiger partial charge in [-0.3, -0.25) is 4.52 Å². The van der Waals surface area contributed by atoms with Crippen LogP contribution in [0.3, 0.4) is 0 Å². The van der Waals surface area contributed by atoms with E-state index < -0.39 is 14.6 Å². The van der Waals surface area contributed by atoms with E-state index >= 15 is 0 Å². The van der Waals surface area contributed by atoms with Crippen LogP contribution in [0.25, 0.3) is 0 Å². The summed E-state index contributed by atoms with van der Waals surface area (Å²) in [5.41, 5.74) is 0.332. The van der Waals surface area contributed by atoms with Gasteiger partial charge >= 0.3 is 14.6 Å². The second-order valence-corrected chi connectivity index (χ2v) is 3.41. The molecule has 0 bridgehead atoms. The molecule has 0 aliphatic carbocycles. The zero-order valence-electron chi connectivity index (χ0n) is 6.76. The van der Waals surface area contributed by atoms with Crippen LogP contribution in [0.4, 0.5) is 0 Å². The highest BCUT2D eigenvalue weighted by molar-refractivity contribution is 7.43. The Labute approximate surface area is 75.6 Å². The minimum Gasteiger partial charge on any atom is -0.398 e. The molecular formula is C7H6NO4P. The van der Waals surface area contributed by atoms with Crippen LogP contribution in [0.15, 0.2) is 18.3 Å². The maximum absolute atomic E-state index is 11.2. The Morgan fingerprint density at radius 1 is 1.54 bits per heavy atom. The first-order valence-electron chi connectivity index (χ1n) is 3.51. The van der Waals surface area contributed by atoms with Crippen LogP contribution in [0.5, 0.6) is 5.88 Å². The number of rotatable bonds is 1. The van der Waals surface area contributed by atoms with Crippen LogP contribution >= 0.6 is 8.60 Å². The quantitative estimate of drug-likeness (QED) is 0.641. The maximum Gasteiger partial charge on any atom is 0.466 e. The average molecular weight is 199 g/mol. The predicted octanol–water partition coefficient (Wildman–Crippen LogP) is 1.50. The van der Waals surface area contributed by atoms with E-state index in [1.165, 1.54) is 7.11 Å². The van der Waals surface area contributed by atoms with Crippen molar-refractivity contribution in [2.24, 2.45) is 0 Å². The molecule has 2 rings (SSSR count). The normalized spacial score (nSPS) is 20.1. The molecule has 0 saturated carbocycles. The summed E-state index contributed by atoms with van der Waals surface area (Å²) in [5.74, 6) is -0.186. The van der Waals surface area contributed by atoms with Gasteiger partial charge in [0.1, 0.15) is 5.56 Å². The van der Waals surface area contributed by atoms with Crippen LogP contribution in [-0.2, 0) is 9.05 Å². The van der Waals surface area contributed by atoms with Gasteiger partial charge in [-0.15, -0.1) is 0 Å². The average Bonchev–Trinajstić information content (AvgIpc) is 2.18. The van der Waals surface area contributed by atoms with Gasteiger partial charge in [-0.25, -0.2) is 9.78 Å². The van der Waals surface area contributed by atoms with Crippen molar-refractivity contribution in [3.63, 3.8) is 0 Å². The molecular weight excluding hydrogens is 193 g/mol. The van der Waals surface area contributed by atoms with Gasteiger partial charge in [-0.2, -0.15) is 0 Å². The van der Waals surface area contributed by atoms with Crippen molar-refractivity contribution in [3.05, 3.63) is 23.9 Å². The number of carbonyl (C=O) groups excluding carboxylic acids is 1. The second kappa shape index (κ2) is 3.28. The fourth-order valence-corrected chi connectivity index (χ4v) is 1.61. The molecule has 1 atom stereocenters. The van der Waals surface area contributed by atoms with Crippen molar-refractivity contribution in [2.75, 3.05) is 7.11 Å². The van der Waals surface area contributed by atoms with Crippen molar-refractivity contribution in [3.8, 4) is 5.88 Å². The van der Waals surface area contributed by atoms with E-state index in [2.05, 4.69) is 4.98 Å². The van der Waals surface area contributed by atoms with Crippen molar-refractivity contribution in [2.45, 2.75) is 0 Å². The van der Waals surface area contributed by atoms with E-state index in [1.54, 1.807) is 18.3 Å². The van der Waals surface area contributed by atoms with E-state index in [0.717, 1.165) is 0 Å². The third kappa shape index (κ3) is 1.48. The van der Waals surface area contributed by atoms with Crippen molar-refractivity contribution >= 4 is 14.6 Å². The minimum absolute atomic E-state index is 0.270. The zero-order valence-corrected chi connectivity index (χ0v) is 7.65. The van der Waals surface area contributed by atoms with Crippen LogP contribution in [-0.4, -0.2) is 18.1 Å². The summed E-state index contributed by atoms with van der Waals surface area (Å²) in [6.45, 7) is 0. The molecule has 68 valence electrons. The van der Waals surface area contributed by atoms with Gasteiger partial charge in [-0.1, -0.05) is 0 Å². The topological polar surface area (TPSA) is 57.7 Å². The van der Waals surface area contributed by atoms with Gasteiger partial charge in [0.2, 0.25) is 5.88 Å². The number of aromatic nitrogens is 1. The Kier molecular flexibility index (Phi) is 2.12. The van der Waals surface area contributed by atoms with Gasteiger partial charge in [0.25, 0.3) is 0 Å². The number of hydrogen-bond acceptors (Lipinski definition) is 5. The first-order chi connectivity index (χ1) is 6.31. The smallest absolute Gasteiger partial charge is 0.398 e. The molecule has 1 aromatic rings. The molecule has 0 fully saturated rings. The molecule has 1 unspecified atom stereocenters. The van der Waals surface area contributed by atoms with Crippen molar-refractivity contribution in [1.82, 2.24) is 4.98 Å². The molecule has 0 spiro atoms. The number of hydrogen-bond donors (Lipinski definition) is 0. The summed E-state index contributed by atoms with van der Waals surface area (Å²) in [5, 5.41) is 0. The molecule has 1 aromatic heterocycles. The summed E-state index contributed by atoms with van der Waals surface area (Å²) in [7, 11) is -0.198. The zero-order chi connectivity index (χ0) is 9.26. The molecule has 0 amide bonds. The lowest BCUT2D eigenvalue weighted by atomic mass is 10.3. The standard InChI is InChI=1S/C7H6NO4P/c1-10-13-11-6-5(7(9)12-13)3-2-4-8-6/h2-4H,1H3. The summed E-state index contributed by atoms with van der Waals surface area (Å²) in [6.07, 6.45) is 1.54. The predicted molar refractivity (Wildman–Crippen MR) is 44.2 cm³/mol. The van der Waals surface area contributed by atoms with E-state index in [4.69, 9.17) is 13.6 Å². The monoisotopic (exact) mass is 199 g/mol.